The van der Waals surface area contributed by atoms with Crippen molar-refractivity contribution in [3.63, 3.8) is 0 Å². The van der Waals surface area contributed by atoms with Gasteiger partial charge in [0.1, 0.15) is 0 Å². The van der Waals surface area contributed by atoms with Crippen molar-refractivity contribution in [2.75, 3.05) is 32.8 Å². The van der Waals surface area contributed by atoms with Crippen LogP contribution in [-0.4, -0.2) is 51.5 Å². The molecule has 152 valence electrons. The molecule has 0 radical (unpaired) electrons. The Labute approximate surface area is 178 Å². The van der Waals surface area contributed by atoms with Gasteiger partial charge in [-0.1, -0.05) is 30.7 Å². The average molecular weight is 508 g/mol. The molecule has 3 rings (SSSR count). The highest BCUT2D eigenvalue weighted by atomic mass is 127. The molecule has 0 unspecified atom stereocenters. The van der Waals surface area contributed by atoms with E-state index in [2.05, 4.69) is 10.3 Å². The Balaban J connectivity index is 0.00000261. The van der Waals surface area contributed by atoms with Gasteiger partial charge in [-0.2, -0.15) is 4.31 Å². The lowest BCUT2D eigenvalue weighted by Gasteiger charge is -2.26. The van der Waals surface area contributed by atoms with Crippen LogP contribution in [0, 0.1) is 5.92 Å². The SMILES string of the molecule is I.NC(=NCc1ccccc1CS(=O)(=O)N1CCOCC1)NCC1CCC1. The Kier molecular flexibility index (Phi) is 8.77. The zero-order chi connectivity index (χ0) is 18.4. The van der Waals surface area contributed by atoms with E-state index in [0.29, 0.717) is 44.7 Å². The summed E-state index contributed by atoms with van der Waals surface area (Å²) in [6.07, 6.45) is 3.80. The van der Waals surface area contributed by atoms with Crippen molar-refractivity contribution < 1.29 is 13.2 Å². The first kappa shape index (κ1) is 22.4. The fourth-order valence-corrected chi connectivity index (χ4v) is 4.70. The molecule has 1 aliphatic heterocycles. The van der Waals surface area contributed by atoms with Crippen LogP contribution in [-0.2, 0) is 27.1 Å². The summed E-state index contributed by atoms with van der Waals surface area (Å²) >= 11 is 0. The normalized spacial score (nSPS) is 19.2. The van der Waals surface area contributed by atoms with Crippen molar-refractivity contribution in [1.82, 2.24) is 9.62 Å². The van der Waals surface area contributed by atoms with Gasteiger partial charge in [0.25, 0.3) is 0 Å². The van der Waals surface area contributed by atoms with Gasteiger partial charge in [-0.25, -0.2) is 13.4 Å². The fourth-order valence-electron chi connectivity index (χ4n) is 3.14. The van der Waals surface area contributed by atoms with Gasteiger partial charge < -0.3 is 15.8 Å². The summed E-state index contributed by atoms with van der Waals surface area (Å²) in [5.41, 5.74) is 7.60. The van der Waals surface area contributed by atoms with Gasteiger partial charge in [0.05, 0.1) is 25.5 Å². The van der Waals surface area contributed by atoms with E-state index in [1.54, 1.807) is 0 Å². The van der Waals surface area contributed by atoms with Crippen molar-refractivity contribution in [3.8, 4) is 0 Å². The lowest BCUT2D eigenvalue weighted by Crippen LogP contribution is -2.41. The number of aliphatic imine (C=N–C) groups is 1. The molecule has 1 aromatic carbocycles. The van der Waals surface area contributed by atoms with Crippen LogP contribution in [0.2, 0.25) is 0 Å². The van der Waals surface area contributed by atoms with Gasteiger partial charge in [-0.05, 0) is 29.9 Å². The van der Waals surface area contributed by atoms with Crippen LogP contribution in [0.25, 0.3) is 0 Å². The first-order valence-electron chi connectivity index (χ1n) is 9.21. The van der Waals surface area contributed by atoms with Gasteiger partial charge >= 0.3 is 0 Å². The predicted octanol–water partition coefficient (Wildman–Crippen LogP) is 1.67. The molecule has 9 heteroatoms. The quantitative estimate of drug-likeness (QED) is 0.332. The van der Waals surface area contributed by atoms with Crippen molar-refractivity contribution in [1.29, 1.82) is 0 Å². The van der Waals surface area contributed by atoms with Crippen LogP contribution >= 0.6 is 24.0 Å². The minimum absolute atomic E-state index is 0. The summed E-state index contributed by atoms with van der Waals surface area (Å²) in [6, 6.07) is 7.51. The molecule has 0 spiro atoms. The number of nitrogens with zero attached hydrogens (tertiary/aromatic N) is 2. The second-order valence-corrected chi connectivity index (χ2v) is 8.88. The molecule has 1 aromatic rings. The topological polar surface area (TPSA) is 97.0 Å². The monoisotopic (exact) mass is 508 g/mol. The molecular formula is C18H29IN4O3S. The number of guanidine groups is 1. The van der Waals surface area contributed by atoms with E-state index in [1.165, 1.54) is 23.6 Å². The summed E-state index contributed by atoms with van der Waals surface area (Å²) < 4.78 is 32.1. The number of benzene rings is 1. The van der Waals surface area contributed by atoms with E-state index in [9.17, 15) is 8.42 Å². The molecule has 0 amide bonds. The maximum atomic E-state index is 12.7. The first-order chi connectivity index (χ1) is 12.5. The molecule has 27 heavy (non-hydrogen) atoms. The standard InChI is InChI=1S/C18H28N4O3S.HI/c19-18(20-12-15-4-3-5-15)21-13-16-6-1-2-7-17(16)14-26(23,24)22-8-10-25-11-9-22;/h1-2,6-7,15H,3-5,8-14H2,(H3,19,20,21);1H. The third-order valence-electron chi connectivity index (χ3n) is 5.04. The molecular weight excluding hydrogens is 479 g/mol. The van der Waals surface area contributed by atoms with Crippen molar-refractivity contribution in [2.45, 2.75) is 31.6 Å². The van der Waals surface area contributed by atoms with Gasteiger partial charge in [0.2, 0.25) is 10.0 Å². The zero-order valence-electron chi connectivity index (χ0n) is 15.5. The Hall–Kier alpha value is -0.910. The molecule has 0 aromatic heterocycles. The Morgan fingerprint density at radius 3 is 2.52 bits per heavy atom. The van der Waals surface area contributed by atoms with Crippen LogP contribution in [0.3, 0.4) is 0 Å². The molecule has 0 bridgehead atoms. The highest BCUT2D eigenvalue weighted by Crippen LogP contribution is 2.25. The van der Waals surface area contributed by atoms with Crippen LogP contribution in [0.1, 0.15) is 30.4 Å². The van der Waals surface area contributed by atoms with E-state index in [0.717, 1.165) is 17.7 Å². The lowest BCUT2D eigenvalue weighted by atomic mass is 9.85. The number of ether oxygens (including phenoxy) is 1. The van der Waals surface area contributed by atoms with Crippen LogP contribution < -0.4 is 11.1 Å². The van der Waals surface area contributed by atoms with Crippen molar-refractivity contribution in [2.24, 2.45) is 16.6 Å². The summed E-state index contributed by atoms with van der Waals surface area (Å²) in [7, 11) is -3.36. The van der Waals surface area contributed by atoms with Gasteiger partial charge in [0, 0.05) is 19.6 Å². The molecule has 1 aliphatic carbocycles. The van der Waals surface area contributed by atoms with Crippen LogP contribution in [0.15, 0.2) is 29.3 Å². The summed E-state index contributed by atoms with van der Waals surface area (Å²) in [4.78, 5) is 4.38. The molecule has 1 saturated heterocycles. The Morgan fingerprint density at radius 2 is 1.89 bits per heavy atom. The average Bonchev–Trinajstić information content (AvgIpc) is 2.60. The number of rotatable bonds is 7. The largest absolute Gasteiger partial charge is 0.379 e. The smallest absolute Gasteiger partial charge is 0.218 e. The third-order valence-corrected chi connectivity index (χ3v) is 6.86. The molecule has 3 N–H and O–H groups in total. The van der Waals surface area contributed by atoms with E-state index in [-0.39, 0.29) is 29.7 Å². The molecule has 7 nitrogen and oxygen atoms in total. The Bertz CT molecular complexity index is 732. The van der Waals surface area contributed by atoms with E-state index < -0.39 is 10.0 Å². The summed E-state index contributed by atoms with van der Waals surface area (Å²) in [6.45, 7) is 2.98. The number of nitrogens with two attached hydrogens (primary N) is 1. The van der Waals surface area contributed by atoms with Gasteiger partial charge in [0.15, 0.2) is 5.96 Å². The highest BCUT2D eigenvalue weighted by molar-refractivity contribution is 14.0. The van der Waals surface area contributed by atoms with Gasteiger partial charge in [-0.15, -0.1) is 24.0 Å². The molecule has 1 heterocycles. The molecule has 2 aliphatic rings. The molecule has 2 fully saturated rings. The number of halogens is 1. The predicted molar refractivity (Wildman–Crippen MR) is 118 cm³/mol. The third kappa shape index (κ3) is 6.58. The maximum Gasteiger partial charge on any atom is 0.218 e. The minimum Gasteiger partial charge on any atom is -0.379 e. The molecule has 0 atom stereocenters. The van der Waals surface area contributed by atoms with E-state index >= 15 is 0 Å². The number of hydrogen-bond acceptors (Lipinski definition) is 4. The summed E-state index contributed by atoms with van der Waals surface area (Å²) in [5, 5.41) is 3.16. The summed E-state index contributed by atoms with van der Waals surface area (Å²) in [5.74, 6) is 1.10. The molecule has 1 saturated carbocycles. The fraction of sp³-hybridized carbons (Fsp3) is 0.611. The number of morpholine rings is 1. The minimum atomic E-state index is -3.36. The highest BCUT2D eigenvalue weighted by Gasteiger charge is 2.25. The second kappa shape index (κ2) is 10.6. The van der Waals surface area contributed by atoms with Crippen molar-refractivity contribution in [3.05, 3.63) is 35.4 Å². The zero-order valence-corrected chi connectivity index (χ0v) is 18.6. The van der Waals surface area contributed by atoms with Crippen molar-refractivity contribution >= 4 is 40.0 Å². The van der Waals surface area contributed by atoms with E-state index in [1.807, 2.05) is 24.3 Å². The van der Waals surface area contributed by atoms with Crippen LogP contribution in [0.5, 0.6) is 0 Å². The van der Waals surface area contributed by atoms with Gasteiger partial charge in [-0.3, -0.25) is 0 Å². The van der Waals surface area contributed by atoms with Crippen LogP contribution in [0.4, 0.5) is 0 Å². The number of nitrogens with one attached hydrogen (secondary N) is 1. The Morgan fingerprint density at radius 1 is 1.22 bits per heavy atom. The lowest BCUT2D eigenvalue weighted by molar-refractivity contribution is 0.0729. The van der Waals surface area contributed by atoms with E-state index in [4.69, 9.17) is 10.5 Å². The second-order valence-electron chi connectivity index (χ2n) is 6.92. The first-order valence-corrected chi connectivity index (χ1v) is 10.8. The number of hydrogen-bond donors (Lipinski definition) is 2. The number of sulfonamides is 1. The maximum absolute atomic E-state index is 12.7.